The van der Waals surface area contributed by atoms with Crippen molar-refractivity contribution in [2.75, 3.05) is 31.3 Å². The summed E-state index contributed by atoms with van der Waals surface area (Å²) in [7, 11) is 0. The van der Waals surface area contributed by atoms with Crippen molar-refractivity contribution in [2.45, 2.75) is 32.9 Å². The molecule has 0 bridgehead atoms. The third kappa shape index (κ3) is 3.70. The number of hydrogen-bond acceptors (Lipinski definition) is 3. The Morgan fingerprint density at radius 2 is 1.85 bits per heavy atom. The lowest BCUT2D eigenvalue weighted by molar-refractivity contribution is -0.924. The molecule has 0 aliphatic carbocycles. The van der Waals surface area contributed by atoms with E-state index in [1.54, 1.807) is 0 Å². The molecule has 0 saturated carbocycles. The number of rotatable bonds is 6. The van der Waals surface area contributed by atoms with Crippen molar-refractivity contribution in [3.8, 4) is 0 Å². The first kappa shape index (κ1) is 18.0. The first-order chi connectivity index (χ1) is 13.2. The molecule has 27 heavy (non-hydrogen) atoms. The van der Waals surface area contributed by atoms with Gasteiger partial charge in [0.1, 0.15) is 0 Å². The minimum atomic E-state index is 0.146. The van der Waals surface area contributed by atoms with E-state index in [-0.39, 0.29) is 6.61 Å². The van der Waals surface area contributed by atoms with E-state index in [9.17, 15) is 5.11 Å². The van der Waals surface area contributed by atoms with Gasteiger partial charge in [0.2, 0.25) is 5.95 Å². The molecule has 1 aliphatic heterocycles. The summed E-state index contributed by atoms with van der Waals surface area (Å²) in [6.45, 7) is 8.10. The van der Waals surface area contributed by atoms with Crippen LogP contribution in [0.3, 0.4) is 0 Å². The lowest BCUT2D eigenvalue weighted by Gasteiger charge is -2.34. The van der Waals surface area contributed by atoms with E-state index >= 15 is 0 Å². The maximum Gasteiger partial charge on any atom is 0.215 e. The minimum Gasteiger partial charge on any atom is -0.395 e. The first-order valence-electron chi connectivity index (χ1n) is 9.89. The zero-order valence-electron chi connectivity index (χ0n) is 16.2. The molecule has 1 aliphatic rings. The van der Waals surface area contributed by atoms with Gasteiger partial charge in [-0.2, -0.15) is 0 Å². The number of nitrogens with zero attached hydrogens (tertiary/aromatic N) is 3. The van der Waals surface area contributed by atoms with Crippen LogP contribution in [-0.4, -0.2) is 41.0 Å². The molecular weight excluding hydrogens is 336 g/mol. The second kappa shape index (κ2) is 7.71. The van der Waals surface area contributed by atoms with Crippen LogP contribution in [0.5, 0.6) is 0 Å². The number of quaternary nitrogens is 1. The van der Waals surface area contributed by atoms with Gasteiger partial charge in [-0.1, -0.05) is 50.2 Å². The molecule has 1 aromatic heterocycles. The summed E-state index contributed by atoms with van der Waals surface area (Å²) in [6.07, 6.45) is 1.06. The Morgan fingerprint density at radius 1 is 1.07 bits per heavy atom. The monoisotopic (exact) mass is 365 g/mol. The van der Waals surface area contributed by atoms with Gasteiger partial charge >= 0.3 is 0 Å². The normalized spacial score (nSPS) is 16.9. The largest absolute Gasteiger partial charge is 0.395 e. The van der Waals surface area contributed by atoms with Crippen LogP contribution in [0.25, 0.3) is 11.0 Å². The SMILES string of the molecule is CC(C)c1ccc(CC[NH+]2CN(CCO)c3nc4ccccc4n3C2)cc1. The predicted octanol–water partition coefficient (Wildman–Crippen LogP) is 2.01. The number of nitrogens with one attached hydrogen (secondary N) is 1. The fraction of sp³-hybridized carbons (Fsp3) is 0.409. The number of anilines is 1. The molecular formula is C22H29N4O+. The first-order valence-corrected chi connectivity index (χ1v) is 9.89. The van der Waals surface area contributed by atoms with Gasteiger partial charge in [-0.15, -0.1) is 0 Å². The maximum atomic E-state index is 9.50. The number of fused-ring (bicyclic) bond motifs is 3. The molecule has 0 spiro atoms. The average Bonchev–Trinajstić information content (AvgIpc) is 3.06. The van der Waals surface area contributed by atoms with Gasteiger partial charge in [0, 0.05) is 13.0 Å². The highest BCUT2D eigenvalue weighted by atomic mass is 16.3. The van der Waals surface area contributed by atoms with Crippen molar-refractivity contribution in [3.63, 3.8) is 0 Å². The van der Waals surface area contributed by atoms with Crippen LogP contribution in [0.1, 0.15) is 30.9 Å². The van der Waals surface area contributed by atoms with Gasteiger partial charge in [0.05, 0.1) is 24.2 Å². The quantitative estimate of drug-likeness (QED) is 0.703. The molecule has 0 radical (unpaired) electrons. The molecule has 2 aromatic carbocycles. The smallest absolute Gasteiger partial charge is 0.215 e. The van der Waals surface area contributed by atoms with Gasteiger partial charge in [0.25, 0.3) is 0 Å². The Labute approximate surface area is 160 Å². The Bertz CT molecular complexity index is 900. The van der Waals surface area contributed by atoms with Crippen LogP contribution < -0.4 is 9.80 Å². The van der Waals surface area contributed by atoms with E-state index in [1.807, 2.05) is 6.07 Å². The highest BCUT2D eigenvalue weighted by molar-refractivity contribution is 5.78. The maximum absolute atomic E-state index is 9.50. The molecule has 142 valence electrons. The molecule has 5 heteroatoms. The summed E-state index contributed by atoms with van der Waals surface area (Å²) in [5.74, 6) is 1.56. The van der Waals surface area contributed by atoms with Crippen LogP contribution in [0.15, 0.2) is 48.5 Å². The summed E-state index contributed by atoms with van der Waals surface area (Å²) >= 11 is 0. The van der Waals surface area contributed by atoms with E-state index in [1.165, 1.54) is 21.5 Å². The fourth-order valence-electron chi connectivity index (χ4n) is 3.92. The van der Waals surface area contributed by atoms with Crippen molar-refractivity contribution >= 4 is 17.0 Å². The second-order valence-corrected chi connectivity index (χ2v) is 7.78. The van der Waals surface area contributed by atoms with Crippen LogP contribution in [0.2, 0.25) is 0 Å². The van der Waals surface area contributed by atoms with E-state index in [2.05, 4.69) is 65.8 Å². The number of aromatic nitrogens is 2. The standard InChI is InChI=1S/C22H28N4O/c1-17(2)19-9-7-18(8-10-19)11-12-24-15-25(13-14-27)22-23-20-5-3-4-6-21(20)26(22)16-24/h3-10,17,27H,11-16H2,1-2H3/p+1. The van der Waals surface area contributed by atoms with E-state index < -0.39 is 0 Å². The highest BCUT2D eigenvalue weighted by Gasteiger charge is 2.27. The summed E-state index contributed by atoms with van der Waals surface area (Å²) < 4.78 is 2.30. The number of hydrogen-bond donors (Lipinski definition) is 2. The van der Waals surface area contributed by atoms with Gasteiger partial charge in [-0.25, -0.2) is 4.98 Å². The third-order valence-electron chi connectivity index (χ3n) is 5.50. The lowest BCUT2D eigenvalue weighted by Crippen LogP contribution is -3.14. The third-order valence-corrected chi connectivity index (χ3v) is 5.50. The fourth-order valence-corrected chi connectivity index (χ4v) is 3.92. The molecule has 3 aromatic rings. The van der Waals surface area contributed by atoms with Gasteiger partial charge in [0.15, 0.2) is 13.3 Å². The number of para-hydroxylation sites is 2. The number of aliphatic hydroxyl groups excluding tert-OH is 1. The predicted molar refractivity (Wildman–Crippen MR) is 109 cm³/mol. The lowest BCUT2D eigenvalue weighted by atomic mass is 10.0. The molecule has 0 fully saturated rings. The molecule has 1 unspecified atom stereocenters. The number of β-amino-alcohol motifs (C(OH)–C–C–N with tert-alkyl or cyclic N) is 1. The zero-order valence-corrected chi connectivity index (χ0v) is 16.2. The average molecular weight is 366 g/mol. The Balaban J connectivity index is 1.51. The summed E-state index contributed by atoms with van der Waals surface area (Å²) in [5, 5.41) is 9.50. The van der Waals surface area contributed by atoms with E-state index in [4.69, 9.17) is 4.98 Å². The molecule has 5 nitrogen and oxygen atoms in total. The number of benzene rings is 2. The van der Waals surface area contributed by atoms with Crippen LogP contribution in [0, 0.1) is 0 Å². The van der Waals surface area contributed by atoms with E-state index in [0.717, 1.165) is 37.8 Å². The molecule has 1 atom stereocenters. The van der Waals surface area contributed by atoms with Gasteiger partial charge in [-0.3, -0.25) is 9.47 Å². The summed E-state index contributed by atoms with van der Waals surface area (Å²) in [5.41, 5.74) is 4.99. The zero-order chi connectivity index (χ0) is 18.8. The topological polar surface area (TPSA) is 45.7 Å². The van der Waals surface area contributed by atoms with Crippen molar-refractivity contribution in [1.82, 2.24) is 9.55 Å². The van der Waals surface area contributed by atoms with Crippen molar-refractivity contribution in [3.05, 3.63) is 59.7 Å². The molecule has 2 heterocycles. The minimum absolute atomic E-state index is 0.146. The summed E-state index contributed by atoms with van der Waals surface area (Å²) in [4.78, 5) is 8.50. The van der Waals surface area contributed by atoms with Crippen LogP contribution in [-0.2, 0) is 13.1 Å². The number of aliphatic hydroxyl groups is 1. The molecule has 0 saturated heterocycles. The van der Waals surface area contributed by atoms with Crippen LogP contribution in [0.4, 0.5) is 5.95 Å². The number of imidazole rings is 1. The van der Waals surface area contributed by atoms with Crippen molar-refractivity contribution in [2.24, 2.45) is 0 Å². The van der Waals surface area contributed by atoms with Crippen LogP contribution >= 0.6 is 0 Å². The highest BCUT2D eigenvalue weighted by Crippen LogP contribution is 2.22. The molecule has 4 rings (SSSR count). The van der Waals surface area contributed by atoms with E-state index in [0.29, 0.717) is 12.5 Å². The van der Waals surface area contributed by atoms with Gasteiger partial charge < -0.3 is 10.0 Å². The molecule has 0 amide bonds. The van der Waals surface area contributed by atoms with Crippen molar-refractivity contribution in [1.29, 1.82) is 0 Å². The van der Waals surface area contributed by atoms with Crippen molar-refractivity contribution < 1.29 is 10.0 Å². The molecule has 2 N–H and O–H groups in total. The Morgan fingerprint density at radius 3 is 2.59 bits per heavy atom. The Kier molecular flexibility index (Phi) is 5.14. The summed E-state index contributed by atoms with van der Waals surface area (Å²) in [6, 6.07) is 17.3. The second-order valence-electron chi connectivity index (χ2n) is 7.78. The van der Waals surface area contributed by atoms with Gasteiger partial charge in [-0.05, 0) is 29.2 Å². The Hall–Kier alpha value is -2.37.